The van der Waals surface area contributed by atoms with Gasteiger partial charge in [-0.25, -0.2) is 9.78 Å². The Kier molecular flexibility index (Phi) is 4.61. The highest BCUT2D eigenvalue weighted by atomic mass is 16.5. The first kappa shape index (κ1) is 14.6. The molecule has 0 fully saturated rings. The quantitative estimate of drug-likeness (QED) is 0.851. The molecule has 0 saturated carbocycles. The summed E-state index contributed by atoms with van der Waals surface area (Å²) in [6.45, 7) is 2.38. The van der Waals surface area contributed by atoms with Crippen molar-refractivity contribution in [3.05, 3.63) is 42.1 Å². The van der Waals surface area contributed by atoms with Crippen molar-refractivity contribution >= 4 is 11.7 Å². The summed E-state index contributed by atoms with van der Waals surface area (Å²) in [5, 5.41) is 0. The Labute approximate surface area is 122 Å². The highest BCUT2D eigenvalue weighted by Gasteiger charge is 2.13. The number of para-hydroxylation sites is 2. The van der Waals surface area contributed by atoms with Gasteiger partial charge in [-0.15, -0.1) is 0 Å². The summed E-state index contributed by atoms with van der Waals surface area (Å²) >= 11 is 0. The Hall–Kier alpha value is -2.76. The molecule has 0 radical (unpaired) electrons. The topological polar surface area (TPSA) is 83.7 Å². The van der Waals surface area contributed by atoms with Gasteiger partial charge in [0.1, 0.15) is 0 Å². The van der Waals surface area contributed by atoms with Gasteiger partial charge >= 0.3 is 5.97 Å². The zero-order valence-electron chi connectivity index (χ0n) is 11.8. The van der Waals surface area contributed by atoms with Crippen LogP contribution in [0, 0.1) is 0 Å². The summed E-state index contributed by atoms with van der Waals surface area (Å²) in [6.07, 6.45) is 0. The lowest BCUT2D eigenvalue weighted by Gasteiger charge is -2.12. The van der Waals surface area contributed by atoms with Crippen molar-refractivity contribution in [1.82, 2.24) is 4.98 Å². The van der Waals surface area contributed by atoms with Gasteiger partial charge in [0, 0.05) is 0 Å². The number of methoxy groups -OCH3 is 1. The largest absolute Gasteiger partial charge is 0.490 e. The molecule has 2 rings (SSSR count). The van der Waals surface area contributed by atoms with Gasteiger partial charge in [0.2, 0.25) is 5.88 Å². The van der Waals surface area contributed by atoms with Gasteiger partial charge in [-0.3, -0.25) is 0 Å². The maximum Gasteiger partial charge on any atom is 0.356 e. The maximum atomic E-state index is 11.5. The number of esters is 1. The molecule has 0 aliphatic rings. The normalized spacial score (nSPS) is 10.0. The number of carbonyl (C=O) groups excluding carboxylic acids is 1. The maximum absolute atomic E-state index is 11.5. The second-order valence-corrected chi connectivity index (χ2v) is 4.06. The Bertz CT molecular complexity index is 643. The highest BCUT2D eigenvalue weighted by Crippen LogP contribution is 2.32. The molecular formula is C15H16N2O4. The van der Waals surface area contributed by atoms with Crippen molar-refractivity contribution in [2.45, 2.75) is 6.92 Å². The predicted octanol–water partition coefficient (Wildman–Crippen LogP) is 2.64. The van der Waals surface area contributed by atoms with Gasteiger partial charge in [-0.05, 0) is 31.2 Å². The monoisotopic (exact) mass is 288 g/mol. The molecule has 0 spiro atoms. The van der Waals surface area contributed by atoms with Gasteiger partial charge < -0.3 is 19.9 Å². The van der Waals surface area contributed by atoms with Gasteiger partial charge in [0.05, 0.1) is 19.4 Å². The molecule has 6 nitrogen and oxygen atoms in total. The first-order valence-electron chi connectivity index (χ1n) is 6.40. The molecular weight excluding hydrogens is 272 g/mol. The number of nitrogens with two attached hydrogens (primary N) is 1. The SMILES string of the molecule is CCOc1ccccc1Oc1nc(C(=O)OC)ccc1N. The van der Waals surface area contributed by atoms with Crippen molar-refractivity contribution in [1.29, 1.82) is 0 Å². The van der Waals surface area contributed by atoms with E-state index >= 15 is 0 Å². The molecule has 0 aliphatic heterocycles. The summed E-state index contributed by atoms with van der Waals surface area (Å²) in [5.41, 5.74) is 6.26. The van der Waals surface area contributed by atoms with Crippen LogP contribution in [0.4, 0.5) is 5.69 Å². The van der Waals surface area contributed by atoms with Crippen LogP contribution in [-0.4, -0.2) is 24.7 Å². The van der Waals surface area contributed by atoms with Crippen LogP contribution >= 0.6 is 0 Å². The van der Waals surface area contributed by atoms with Crippen LogP contribution in [-0.2, 0) is 4.74 Å². The molecule has 0 aliphatic carbocycles. The average Bonchev–Trinajstić information content (AvgIpc) is 2.51. The summed E-state index contributed by atoms with van der Waals surface area (Å²) in [7, 11) is 1.28. The van der Waals surface area contributed by atoms with Crippen molar-refractivity contribution in [3.8, 4) is 17.4 Å². The highest BCUT2D eigenvalue weighted by molar-refractivity contribution is 5.87. The Morgan fingerprint density at radius 2 is 1.90 bits per heavy atom. The lowest BCUT2D eigenvalue weighted by atomic mass is 10.3. The fourth-order valence-electron chi connectivity index (χ4n) is 1.66. The van der Waals surface area contributed by atoms with E-state index in [1.54, 1.807) is 18.2 Å². The second kappa shape index (κ2) is 6.60. The number of rotatable bonds is 5. The number of aromatic nitrogens is 1. The van der Waals surface area contributed by atoms with Gasteiger partial charge in [-0.1, -0.05) is 12.1 Å². The van der Waals surface area contributed by atoms with E-state index in [9.17, 15) is 4.79 Å². The van der Waals surface area contributed by atoms with E-state index in [4.69, 9.17) is 15.2 Å². The van der Waals surface area contributed by atoms with Crippen LogP contribution in [0.5, 0.6) is 17.4 Å². The molecule has 0 unspecified atom stereocenters. The lowest BCUT2D eigenvalue weighted by Crippen LogP contribution is -2.06. The van der Waals surface area contributed by atoms with E-state index in [0.29, 0.717) is 23.8 Å². The van der Waals surface area contributed by atoms with E-state index in [-0.39, 0.29) is 11.6 Å². The molecule has 1 heterocycles. The molecule has 1 aromatic heterocycles. The van der Waals surface area contributed by atoms with Crippen molar-refractivity contribution in [3.63, 3.8) is 0 Å². The number of hydrogen-bond donors (Lipinski definition) is 1. The van der Waals surface area contributed by atoms with Crippen LogP contribution in [0.3, 0.4) is 0 Å². The second-order valence-electron chi connectivity index (χ2n) is 4.06. The zero-order valence-corrected chi connectivity index (χ0v) is 11.8. The lowest BCUT2D eigenvalue weighted by molar-refractivity contribution is 0.0593. The zero-order chi connectivity index (χ0) is 15.2. The van der Waals surface area contributed by atoms with Crippen LogP contribution < -0.4 is 15.2 Å². The summed E-state index contributed by atoms with van der Waals surface area (Å²) in [4.78, 5) is 15.6. The minimum Gasteiger partial charge on any atom is -0.490 e. The fraction of sp³-hybridized carbons (Fsp3) is 0.200. The molecule has 0 bridgehead atoms. The first-order chi connectivity index (χ1) is 10.2. The average molecular weight is 288 g/mol. The number of benzene rings is 1. The van der Waals surface area contributed by atoms with E-state index in [1.807, 2.05) is 13.0 Å². The van der Waals surface area contributed by atoms with Gasteiger partial charge in [-0.2, -0.15) is 0 Å². The first-order valence-corrected chi connectivity index (χ1v) is 6.40. The third kappa shape index (κ3) is 3.42. The molecule has 110 valence electrons. The number of nitrogen functional groups attached to an aromatic ring is 1. The summed E-state index contributed by atoms with van der Waals surface area (Å²) in [6, 6.07) is 10.2. The van der Waals surface area contributed by atoms with Crippen LogP contribution in [0.2, 0.25) is 0 Å². The molecule has 1 aromatic carbocycles. The third-order valence-electron chi connectivity index (χ3n) is 2.64. The van der Waals surface area contributed by atoms with Gasteiger partial charge in [0.25, 0.3) is 0 Å². The Balaban J connectivity index is 2.33. The van der Waals surface area contributed by atoms with Gasteiger partial charge in [0.15, 0.2) is 17.2 Å². The molecule has 0 amide bonds. The Morgan fingerprint density at radius 3 is 2.57 bits per heavy atom. The van der Waals surface area contributed by atoms with E-state index in [0.717, 1.165) is 0 Å². The smallest absolute Gasteiger partial charge is 0.356 e. The van der Waals surface area contributed by atoms with Crippen LogP contribution in [0.1, 0.15) is 17.4 Å². The molecule has 6 heteroatoms. The number of ether oxygens (including phenoxy) is 3. The fourth-order valence-corrected chi connectivity index (χ4v) is 1.66. The Morgan fingerprint density at radius 1 is 1.19 bits per heavy atom. The standard InChI is InChI=1S/C15H16N2O4/c1-3-20-12-6-4-5-7-13(12)21-14-10(16)8-9-11(17-14)15(18)19-2/h4-9H,3,16H2,1-2H3. The van der Waals surface area contributed by atoms with Crippen LogP contribution in [0.15, 0.2) is 36.4 Å². The minimum absolute atomic E-state index is 0.121. The van der Waals surface area contributed by atoms with Crippen molar-refractivity contribution in [2.24, 2.45) is 0 Å². The van der Waals surface area contributed by atoms with E-state index < -0.39 is 5.97 Å². The number of carbonyl (C=O) groups is 1. The van der Waals surface area contributed by atoms with Crippen molar-refractivity contribution in [2.75, 3.05) is 19.5 Å². The molecule has 2 aromatic rings. The molecule has 0 atom stereocenters. The van der Waals surface area contributed by atoms with E-state index in [1.165, 1.54) is 19.2 Å². The molecule has 2 N–H and O–H groups in total. The number of pyridine rings is 1. The van der Waals surface area contributed by atoms with Crippen molar-refractivity contribution < 1.29 is 19.0 Å². The summed E-state index contributed by atoms with van der Waals surface area (Å²) in [5.74, 6) is 0.619. The number of hydrogen-bond acceptors (Lipinski definition) is 6. The minimum atomic E-state index is -0.557. The number of nitrogens with zero attached hydrogens (tertiary/aromatic N) is 1. The molecule has 21 heavy (non-hydrogen) atoms. The third-order valence-corrected chi connectivity index (χ3v) is 2.64. The van der Waals surface area contributed by atoms with Crippen LogP contribution in [0.25, 0.3) is 0 Å². The van der Waals surface area contributed by atoms with E-state index in [2.05, 4.69) is 9.72 Å². The summed E-state index contributed by atoms with van der Waals surface area (Å²) < 4.78 is 15.7. The molecule has 0 saturated heterocycles. The predicted molar refractivity (Wildman–Crippen MR) is 77.7 cm³/mol. The number of anilines is 1.